The van der Waals surface area contributed by atoms with Gasteiger partial charge in [0.15, 0.2) is 0 Å². The molecule has 4 aliphatic rings. The van der Waals surface area contributed by atoms with Crippen LogP contribution in [0.4, 0.5) is 37.7 Å². The van der Waals surface area contributed by atoms with Crippen molar-refractivity contribution in [2.45, 2.75) is 93.1 Å². The van der Waals surface area contributed by atoms with E-state index in [2.05, 4.69) is 47.6 Å². The maximum absolute atomic E-state index is 15.0. The standard InChI is InChI=1S/C43H54F6N4O16S2Si2/c1-62-28-10-12-34-32(20-28)36(54)52-24-30(68-70(58,59)42(44,45)46)22-40(52,38(56)50(34)26-64-16-18-72(3,4)5)66-14-9-15-67-41-23-31(69-71(60,61)43(47,48)49)25-53(41)37(55)33-21-29(63-2)11-13-35(33)51(39(41)57)27-65-17-19-73(6,7)8/h10-13,20-21,24-25H,9,14-19,22-23,26-27H2,1-8H3/t40-,41?/m0/s1. The zero-order valence-corrected chi connectivity index (χ0v) is 44.4. The molecule has 2 aromatic rings. The highest BCUT2D eigenvalue weighted by molar-refractivity contribution is 7.88. The summed E-state index contributed by atoms with van der Waals surface area (Å²) in [7, 11) is -13.7. The number of anilines is 2. The highest BCUT2D eigenvalue weighted by Gasteiger charge is 2.61. The molecule has 0 saturated heterocycles. The Bertz CT molecular complexity index is 2600. The van der Waals surface area contributed by atoms with Gasteiger partial charge in [-0.3, -0.25) is 38.8 Å². The molecule has 0 N–H and O–H groups in total. The number of fused-ring (bicyclic) bond motifs is 4. The topological polar surface area (TPSA) is 223 Å². The Kier molecular flexibility index (Phi) is 16.3. The van der Waals surface area contributed by atoms with Crippen molar-refractivity contribution in [2.24, 2.45) is 0 Å². The van der Waals surface area contributed by atoms with Crippen LogP contribution in [0.1, 0.15) is 40.0 Å². The molecule has 2 atom stereocenters. The third-order valence-electron chi connectivity index (χ3n) is 11.6. The predicted molar refractivity (Wildman–Crippen MR) is 251 cm³/mol. The Labute approximate surface area is 418 Å². The fraction of sp³-hybridized carbons (Fsp3) is 0.535. The van der Waals surface area contributed by atoms with Crippen LogP contribution >= 0.6 is 0 Å². The number of rotatable bonds is 22. The highest BCUT2D eigenvalue weighted by atomic mass is 32.2. The quantitative estimate of drug-likeness (QED) is 0.0396. The van der Waals surface area contributed by atoms with Gasteiger partial charge in [-0.1, -0.05) is 39.3 Å². The number of carbonyl (C=O) groups excluding carboxylic acids is 4. The van der Waals surface area contributed by atoms with Crippen LogP contribution in [0.15, 0.2) is 60.3 Å². The maximum atomic E-state index is 15.0. The first-order chi connectivity index (χ1) is 33.7. The van der Waals surface area contributed by atoms with Gasteiger partial charge < -0.3 is 36.8 Å². The van der Waals surface area contributed by atoms with Crippen molar-refractivity contribution in [3.8, 4) is 11.5 Å². The Morgan fingerprint density at radius 3 is 1.25 bits per heavy atom. The van der Waals surface area contributed by atoms with Gasteiger partial charge in [-0.2, -0.15) is 43.2 Å². The molecule has 0 bridgehead atoms. The minimum Gasteiger partial charge on any atom is -0.497 e. The number of benzene rings is 2. The lowest BCUT2D eigenvalue weighted by molar-refractivity contribution is -0.170. The van der Waals surface area contributed by atoms with Crippen LogP contribution in [-0.4, -0.2) is 143 Å². The monoisotopic (exact) mass is 1120 g/mol. The van der Waals surface area contributed by atoms with E-state index in [1.54, 1.807) is 0 Å². The fourth-order valence-electron chi connectivity index (χ4n) is 7.74. The summed E-state index contributed by atoms with van der Waals surface area (Å²) in [6, 6.07) is 9.21. The summed E-state index contributed by atoms with van der Waals surface area (Å²) in [6.07, 6.45) is -1.58. The van der Waals surface area contributed by atoms with E-state index in [4.69, 9.17) is 28.4 Å². The molecule has 73 heavy (non-hydrogen) atoms. The molecular formula is C43H54F6N4O16S2Si2. The Morgan fingerprint density at radius 1 is 0.575 bits per heavy atom. The highest BCUT2D eigenvalue weighted by Crippen LogP contribution is 2.46. The SMILES string of the molecule is COc1ccc2c(c1)C(=O)N1C=C(OS(=O)(=O)C(F)(F)F)CC1(OCCCO[C@]13CC(OS(=O)(=O)C(F)(F)F)=CN1C(=O)c1cc(OC)ccc1N(COCC[Si](C)(C)C)C3=O)C(=O)N2COCC[Si](C)(C)C. The van der Waals surface area contributed by atoms with Crippen molar-refractivity contribution in [3.05, 3.63) is 71.4 Å². The molecule has 0 saturated carbocycles. The second kappa shape index (κ2) is 20.8. The molecule has 1 unspecified atom stereocenters. The lowest BCUT2D eigenvalue weighted by Gasteiger charge is -2.38. The fourth-order valence-corrected chi connectivity index (χ4v) is 10.2. The van der Waals surface area contributed by atoms with Crippen LogP contribution in [0, 0.1) is 0 Å². The Morgan fingerprint density at radius 2 is 0.932 bits per heavy atom. The van der Waals surface area contributed by atoms with Gasteiger partial charge in [0, 0.05) is 29.4 Å². The van der Waals surface area contributed by atoms with Gasteiger partial charge in [0.25, 0.3) is 23.6 Å². The molecule has 2 aromatic carbocycles. The third-order valence-corrected chi connectivity index (χ3v) is 17.0. The molecule has 0 aromatic heterocycles. The van der Waals surface area contributed by atoms with Crippen molar-refractivity contribution in [1.29, 1.82) is 0 Å². The summed E-state index contributed by atoms with van der Waals surface area (Å²) >= 11 is 0. The molecule has 0 fully saturated rings. The van der Waals surface area contributed by atoms with Crippen LogP contribution < -0.4 is 19.3 Å². The first kappa shape index (κ1) is 57.0. The largest absolute Gasteiger partial charge is 0.534 e. The van der Waals surface area contributed by atoms with Crippen LogP contribution in [0.25, 0.3) is 0 Å². The lowest BCUT2D eigenvalue weighted by atomic mass is 10.1. The van der Waals surface area contributed by atoms with Crippen molar-refractivity contribution < 1.29 is 99.1 Å². The molecule has 0 radical (unpaired) electrons. The average molecular weight is 1120 g/mol. The molecular weight excluding hydrogens is 1060 g/mol. The molecule has 30 heteroatoms. The smallest absolute Gasteiger partial charge is 0.497 e. The van der Waals surface area contributed by atoms with Gasteiger partial charge in [0.2, 0.25) is 11.4 Å². The molecule has 6 rings (SSSR count). The molecule has 4 heterocycles. The lowest BCUT2D eigenvalue weighted by Crippen LogP contribution is -2.59. The zero-order chi connectivity index (χ0) is 54.3. The number of amides is 4. The van der Waals surface area contributed by atoms with Crippen molar-refractivity contribution in [3.63, 3.8) is 0 Å². The van der Waals surface area contributed by atoms with Gasteiger partial charge in [-0.25, -0.2) is 0 Å². The van der Waals surface area contributed by atoms with E-state index >= 15 is 9.59 Å². The summed E-state index contributed by atoms with van der Waals surface area (Å²) < 4.78 is 175. The zero-order valence-electron chi connectivity index (χ0n) is 40.8. The van der Waals surface area contributed by atoms with Gasteiger partial charge in [0.1, 0.15) is 36.5 Å². The van der Waals surface area contributed by atoms with Crippen LogP contribution in [0.5, 0.6) is 11.5 Å². The molecule has 4 amide bonds. The molecule has 0 aliphatic carbocycles. The van der Waals surface area contributed by atoms with Crippen LogP contribution in [0.2, 0.25) is 51.4 Å². The summed E-state index contributed by atoms with van der Waals surface area (Å²) in [4.78, 5) is 62.1. The van der Waals surface area contributed by atoms with E-state index in [-0.39, 0.29) is 47.2 Å². The van der Waals surface area contributed by atoms with E-state index < -0.39 is 140 Å². The first-order valence-electron chi connectivity index (χ1n) is 22.2. The number of carbonyl (C=O) groups is 4. The molecule has 20 nitrogen and oxygen atoms in total. The third kappa shape index (κ3) is 12.0. The van der Waals surface area contributed by atoms with Gasteiger partial charge in [-0.05, 0) is 54.9 Å². The maximum Gasteiger partial charge on any atom is 0.534 e. The average Bonchev–Trinajstić information content (AvgIpc) is 3.81. The molecule has 0 spiro atoms. The second-order valence-corrected chi connectivity index (χ2v) is 33.7. The van der Waals surface area contributed by atoms with Crippen molar-refractivity contribution in [1.82, 2.24) is 9.80 Å². The Hall–Kier alpha value is -5.25. The summed E-state index contributed by atoms with van der Waals surface area (Å²) in [5.41, 5.74) is -17.9. The predicted octanol–water partition coefficient (Wildman–Crippen LogP) is 6.64. The van der Waals surface area contributed by atoms with E-state index in [0.29, 0.717) is 34.3 Å². The normalized spacial score (nSPS) is 20.7. The van der Waals surface area contributed by atoms with E-state index in [0.717, 1.165) is 9.80 Å². The second-order valence-electron chi connectivity index (χ2n) is 19.4. The number of hydrogen-bond donors (Lipinski definition) is 0. The first-order valence-corrected chi connectivity index (χ1v) is 32.5. The number of ether oxygens (including phenoxy) is 6. The van der Waals surface area contributed by atoms with E-state index in [9.17, 15) is 52.8 Å². The number of methoxy groups -OCH3 is 2. The van der Waals surface area contributed by atoms with Gasteiger partial charge >= 0.3 is 31.3 Å². The Balaban J connectivity index is 1.36. The number of alkyl halides is 6. The van der Waals surface area contributed by atoms with Gasteiger partial charge in [0.05, 0.1) is 75.2 Å². The molecule has 404 valence electrons. The van der Waals surface area contributed by atoms with Crippen molar-refractivity contribution in [2.75, 3.05) is 63.9 Å². The summed E-state index contributed by atoms with van der Waals surface area (Å²) in [5.74, 6) is -6.34. The number of nitrogens with zero attached hydrogens (tertiary/aromatic N) is 4. The minimum absolute atomic E-state index is 0.0500. The van der Waals surface area contributed by atoms with E-state index in [1.165, 1.54) is 50.6 Å². The van der Waals surface area contributed by atoms with Gasteiger partial charge in [-0.15, -0.1) is 0 Å². The van der Waals surface area contributed by atoms with Crippen molar-refractivity contribution >= 4 is 71.4 Å². The van der Waals surface area contributed by atoms with E-state index in [1.807, 2.05) is 0 Å². The minimum atomic E-state index is -6.39. The number of hydrogen-bond acceptors (Lipinski definition) is 16. The molecule has 4 aliphatic heterocycles. The van der Waals surface area contributed by atoms with Crippen LogP contribution in [0.3, 0.4) is 0 Å². The summed E-state index contributed by atoms with van der Waals surface area (Å²) in [5, 5.41) is 0. The van der Waals surface area contributed by atoms with Crippen LogP contribution in [-0.2, 0) is 57.1 Å². The number of halogens is 6. The summed E-state index contributed by atoms with van der Waals surface area (Å²) in [6.45, 7) is 10.1.